The second kappa shape index (κ2) is 14.8. The molecule has 0 spiro atoms. The molecule has 0 saturated heterocycles. The molecule has 0 N–H and O–H groups in total. The fourth-order valence-corrected chi connectivity index (χ4v) is 13.0. The molecule has 13 aromatic rings. The lowest BCUT2D eigenvalue weighted by atomic mass is 9.63. The van der Waals surface area contributed by atoms with Crippen LogP contribution in [0.3, 0.4) is 0 Å². The maximum atomic E-state index is 6.79. The van der Waals surface area contributed by atoms with Gasteiger partial charge in [-0.05, 0) is 116 Å². The van der Waals surface area contributed by atoms with E-state index in [4.69, 9.17) is 8.83 Å². The summed E-state index contributed by atoms with van der Waals surface area (Å²) in [5.41, 5.74) is 19.9. The van der Waals surface area contributed by atoms with E-state index < -0.39 is 0 Å². The van der Waals surface area contributed by atoms with Gasteiger partial charge in [-0.1, -0.05) is 185 Å². The van der Waals surface area contributed by atoms with Crippen molar-refractivity contribution in [3.8, 4) is 22.3 Å². The van der Waals surface area contributed by atoms with Crippen molar-refractivity contribution in [1.82, 2.24) is 0 Å². The van der Waals surface area contributed by atoms with Crippen LogP contribution in [0.15, 0.2) is 227 Å². The minimum Gasteiger partial charge on any atom is -0.454 e. The molecule has 2 aliphatic rings. The summed E-state index contributed by atoms with van der Waals surface area (Å²) in [5, 5.41) is 9.39. The lowest BCUT2D eigenvalue weighted by Crippen LogP contribution is -2.29. The van der Waals surface area contributed by atoms with Crippen LogP contribution in [0.4, 0.5) is 34.1 Å². The third-order valence-corrected chi connectivity index (χ3v) is 16.2. The molecule has 0 radical (unpaired) electrons. The third kappa shape index (κ3) is 5.52. The molecule has 2 heterocycles. The predicted molar refractivity (Wildman–Crippen MR) is 301 cm³/mol. The van der Waals surface area contributed by atoms with Gasteiger partial charge in [0.1, 0.15) is 11.2 Å². The molecular weight excluding hydrogens is 877 g/mol. The van der Waals surface area contributed by atoms with Crippen molar-refractivity contribution in [2.75, 3.05) is 9.80 Å². The van der Waals surface area contributed by atoms with Crippen LogP contribution in [0.2, 0.25) is 0 Å². The Bertz CT molecular complexity index is 4400. The average Bonchev–Trinajstić information content (AvgIpc) is 4.08. The van der Waals surface area contributed by atoms with Crippen molar-refractivity contribution in [1.29, 1.82) is 0 Å². The topological polar surface area (TPSA) is 32.8 Å². The normalized spacial score (nSPS) is 14.1. The Morgan fingerprint density at radius 3 is 1.40 bits per heavy atom. The van der Waals surface area contributed by atoms with E-state index >= 15 is 0 Å². The van der Waals surface area contributed by atoms with Crippen molar-refractivity contribution in [3.05, 3.63) is 241 Å². The van der Waals surface area contributed by atoms with Crippen LogP contribution >= 0.6 is 0 Å². The van der Waals surface area contributed by atoms with Crippen LogP contribution < -0.4 is 9.80 Å². The summed E-state index contributed by atoms with van der Waals surface area (Å²) in [6, 6.07) is 79.4. The first-order chi connectivity index (χ1) is 35.3. The molecule has 0 atom stereocenters. The number of nitrogens with zero attached hydrogens (tertiary/aromatic N) is 2. The predicted octanol–water partition coefficient (Wildman–Crippen LogP) is 19.3. The Labute approximate surface area is 417 Å². The van der Waals surface area contributed by atoms with Crippen molar-refractivity contribution in [3.63, 3.8) is 0 Å². The molecule has 0 amide bonds. The molecule has 2 aromatic heterocycles. The second-order valence-electron chi connectivity index (χ2n) is 20.7. The smallest absolute Gasteiger partial charge is 0.159 e. The summed E-state index contributed by atoms with van der Waals surface area (Å²) in [6.07, 6.45) is 0. The number of hydrogen-bond donors (Lipinski definition) is 0. The number of rotatable bonds is 6. The van der Waals surface area contributed by atoms with E-state index in [-0.39, 0.29) is 10.8 Å². The summed E-state index contributed by atoms with van der Waals surface area (Å²) in [4.78, 5) is 4.82. The summed E-state index contributed by atoms with van der Waals surface area (Å²) in [6.45, 7) is 9.81. The van der Waals surface area contributed by atoms with E-state index in [0.29, 0.717) is 0 Å². The Morgan fingerprint density at radius 2 is 0.778 bits per heavy atom. The fraction of sp³-hybridized carbons (Fsp3) is 0.0882. The largest absolute Gasteiger partial charge is 0.454 e. The van der Waals surface area contributed by atoms with E-state index in [0.717, 1.165) is 78.0 Å². The van der Waals surface area contributed by atoms with Gasteiger partial charge in [0.2, 0.25) is 0 Å². The van der Waals surface area contributed by atoms with Gasteiger partial charge >= 0.3 is 0 Å². The van der Waals surface area contributed by atoms with Gasteiger partial charge in [-0.15, -0.1) is 0 Å². The molecule has 4 nitrogen and oxygen atoms in total. The van der Waals surface area contributed by atoms with Crippen LogP contribution in [-0.4, -0.2) is 0 Å². The van der Waals surface area contributed by atoms with Gasteiger partial charge in [-0.3, -0.25) is 0 Å². The first kappa shape index (κ1) is 41.0. The minimum atomic E-state index is -0.361. The molecule has 0 bridgehead atoms. The highest BCUT2D eigenvalue weighted by atomic mass is 16.3. The van der Waals surface area contributed by atoms with Crippen molar-refractivity contribution >= 4 is 99.5 Å². The standard InChI is InChI=1S/C68H48N2O2/c1-67(2)53-31-17-30-51-55(69(41-20-7-5-8-21-41)56-32-18-28-49-44-25-13-15-34-59(44)71-65(49)56)39-38-47(61(51)53)48-36-37-52-62-46-27-12-11-24-43(46)58(40-54(62)68(3,4)64(52)63(48)67)70(42-22-9-6-10-23-42)57-33-19-29-50-45-26-14-16-35-60(45)72-66(50)57/h5-40H,1-4H3. The van der Waals surface area contributed by atoms with Crippen LogP contribution in [-0.2, 0) is 10.8 Å². The molecular formula is C68H48N2O2. The zero-order chi connectivity index (χ0) is 48.0. The van der Waals surface area contributed by atoms with Crippen molar-refractivity contribution < 1.29 is 8.83 Å². The van der Waals surface area contributed by atoms with Gasteiger partial charge in [0.15, 0.2) is 11.2 Å². The van der Waals surface area contributed by atoms with E-state index in [1.165, 1.54) is 66.1 Å². The molecule has 0 fully saturated rings. The summed E-state index contributed by atoms with van der Waals surface area (Å²) in [7, 11) is 0. The highest BCUT2D eigenvalue weighted by Gasteiger charge is 2.46. The van der Waals surface area contributed by atoms with Crippen LogP contribution in [0.1, 0.15) is 49.9 Å². The monoisotopic (exact) mass is 924 g/mol. The number of para-hydroxylation sites is 6. The van der Waals surface area contributed by atoms with Crippen LogP contribution in [0, 0.1) is 0 Å². The van der Waals surface area contributed by atoms with Crippen LogP contribution in [0.25, 0.3) is 87.7 Å². The zero-order valence-corrected chi connectivity index (χ0v) is 40.5. The summed E-state index contributed by atoms with van der Waals surface area (Å²) >= 11 is 0. The highest BCUT2D eigenvalue weighted by Crippen LogP contribution is 2.62. The van der Waals surface area contributed by atoms with E-state index in [9.17, 15) is 0 Å². The SMILES string of the molecule is CC1(C)c2cc(N(c3ccccc3)c3cccc4c3oc3ccccc34)c3ccccc3c2-c2ccc3c(c21)C(C)(C)c1cccc2c(N(c4ccccc4)c4cccc5c4oc4ccccc45)ccc-3c12. The van der Waals surface area contributed by atoms with Gasteiger partial charge in [0.25, 0.3) is 0 Å². The van der Waals surface area contributed by atoms with E-state index in [2.05, 4.69) is 250 Å². The van der Waals surface area contributed by atoms with Gasteiger partial charge in [-0.2, -0.15) is 0 Å². The summed E-state index contributed by atoms with van der Waals surface area (Å²) < 4.78 is 13.5. The lowest BCUT2D eigenvalue weighted by Gasteiger charge is -2.40. The Hall–Kier alpha value is -8.86. The molecule has 2 aliphatic carbocycles. The van der Waals surface area contributed by atoms with Gasteiger partial charge in [0.05, 0.1) is 22.7 Å². The first-order valence-electron chi connectivity index (χ1n) is 25.1. The first-order valence-corrected chi connectivity index (χ1v) is 25.1. The van der Waals surface area contributed by atoms with Crippen molar-refractivity contribution in [2.45, 2.75) is 38.5 Å². The fourth-order valence-electron chi connectivity index (χ4n) is 13.0. The number of anilines is 6. The number of furan rings is 2. The van der Waals surface area contributed by atoms with Gasteiger partial charge in [0, 0.05) is 54.5 Å². The van der Waals surface area contributed by atoms with Gasteiger partial charge < -0.3 is 18.6 Å². The molecule has 15 rings (SSSR count). The van der Waals surface area contributed by atoms with E-state index in [1.807, 2.05) is 6.07 Å². The summed E-state index contributed by atoms with van der Waals surface area (Å²) in [5.74, 6) is 0. The molecule has 72 heavy (non-hydrogen) atoms. The molecule has 0 unspecified atom stereocenters. The Kier molecular flexibility index (Phi) is 8.44. The molecule has 0 aliphatic heterocycles. The lowest BCUT2D eigenvalue weighted by molar-refractivity contribution is 0.591. The quantitative estimate of drug-likeness (QED) is 0.166. The molecule has 4 heteroatoms. The average molecular weight is 925 g/mol. The maximum Gasteiger partial charge on any atom is 0.159 e. The van der Waals surface area contributed by atoms with E-state index in [1.54, 1.807) is 0 Å². The zero-order valence-electron chi connectivity index (χ0n) is 40.5. The molecule has 11 aromatic carbocycles. The maximum absolute atomic E-state index is 6.79. The minimum absolute atomic E-state index is 0.354. The molecule has 342 valence electrons. The second-order valence-corrected chi connectivity index (χ2v) is 20.7. The molecule has 0 saturated carbocycles. The highest BCUT2D eigenvalue weighted by molar-refractivity contribution is 6.17. The Morgan fingerprint density at radius 1 is 0.319 bits per heavy atom. The number of benzene rings is 11. The third-order valence-electron chi connectivity index (χ3n) is 16.2. The van der Waals surface area contributed by atoms with Gasteiger partial charge in [-0.25, -0.2) is 0 Å². The Balaban J connectivity index is 0.946. The van der Waals surface area contributed by atoms with Crippen LogP contribution in [0.5, 0.6) is 0 Å². The van der Waals surface area contributed by atoms with Crippen molar-refractivity contribution in [2.24, 2.45) is 0 Å². The number of fused-ring (bicyclic) bond motifs is 14. The number of hydrogen-bond acceptors (Lipinski definition) is 4.